The molecule has 0 aromatic carbocycles. The van der Waals surface area contributed by atoms with E-state index in [4.69, 9.17) is 15.2 Å². The van der Waals surface area contributed by atoms with Gasteiger partial charge in [-0.15, -0.1) is 0 Å². The molecule has 16 heavy (non-hydrogen) atoms. The van der Waals surface area contributed by atoms with E-state index in [2.05, 4.69) is 0 Å². The van der Waals surface area contributed by atoms with Crippen molar-refractivity contribution in [2.75, 3.05) is 32.7 Å². The fraction of sp³-hybridized carbons (Fsp3) is 0.545. The standard InChI is InChI=1S/C11H18N2O3/c1-15-8-9-16-7-3-6-13-5-2-4-10(12)11(13)14/h2,4-5H,3,6-9,12H2,1H3. The first-order valence-corrected chi connectivity index (χ1v) is 5.27. The molecule has 0 atom stereocenters. The van der Waals surface area contributed by atoms with Crippen LogP contribution in [0.15, 0.2) is 23.1 Å². The molecule has 0 saturated heterocycles. The first-order valence-electron chi connectivity index (χ1n) is 5.27. The Morgan fingerprint density at radius 3 is 2.94 bits per heavy atom. The van der Waals surface area contributed by atoms with Crippen LogP contribution in [-0.4, -0.2) is 31.5 Å². The molecule has 0 radical (unpaired) electrons. The van der Waals surface area contributed by atoms with Crippen LogP contribution in [-0.2, 0) is 16.0 Å². The van der Waals surface area contributed by atoms with E-state index < -0.39 is 0 Å². The number of ether oxygens (including phenoxy) is 2. The van der Waals surface area contributed by atoms with Crippen molar-refractivity contribution in [3.05, 3.63) is 28.7 Å². The fourth-order valence-corrected chi connectivity index (χ4v) is 1.31. The van der Waals surface area contributed by atoms with Crippen molar-refractivity contribution >= 4 is 5.69 Å². The van der Waals surface area contributed by atoms with Gasteiger partial charge in [0, 0.05) is 26.5 Å². The first kappa shape index (κ1) is 12.7. The van der Waals surface area contributed by atoms with Crippen LogP contribution in [0.4, 0.5) is 5.69 Å². The lowest BCUT2D eigenvalue weighted by molar-refractivity contribution is 0.0679. The van der Waals surface area contributed by atoms with Gasteiger partial charge < -0.3 is 19.8 Å². The second kappa shape index (κ2) is 7.03. The molecule has 90 valence electrons. The molecule has 0 aliphatic rings. The Bertz CT molecular complexity index is 362. The molecule has 0 fully saturated rings. The minimum absolute atomic E-state index is 0.139. The van der Waals surface area contributed by atoms with Crippen molar-refractivity contribution < 1.29 is 9.47 Å². The SMILES string of the molecule is COCCOCCCn1cccc(N)c1=O. The second-order valence-electron chi connectivity index (χ2n) is 3.42. The highest BCUT2D eigenvalue weighted by molar-refractivity contribution is 5.33. The Morgan fingerprint density at radius 1 is 1.38 bits per heavy atom. The Labute approximate surface area is 94.8 Å². The summed E-state index contributed by atoms with van der Waals surface area (Å²) in [6.45, 7) is 2.42. The predicted molar refractivity (Wildman–Crippen MR) is 62.4 cm³/mol. The van der Waals surface area contributed by atoms with Crippen LogP contribution in [0.25, 0.3) is 0 Å². The molecule has 0 spiro atoms. The Morgan fingerprint density at radius 2 is 2.19 bits per heavy atom. The maximum absolute atomic E-state index is 11.5. The number of methoxy groups -OCH3 is 1. The number of anilines is 1. The number of aromatic nitrogens is 1. The zero-order valence-corrected chi connectivity index (χ0v) is 9.52. The van der Waals surface area contributed by atoms with Crippen LogP contribution < -0.4 is 11.3 Å². The van der Waals surface area contributed by atoms with Gasteiger partial charge in [-0.25, -0.2) is 0 Å². The molecular weight excluding hydrogens is 208 g/mol. The molecule has 0 bridgehead atoms. The first-order chi connectivity index (χ1) is 7.75. The van der Waals surface area contributed by atoms with Crippen molar-refractivity contribution in [1.29, 1.82) is 0 Å². The van der Waals surface area contributed by atoms with Crippen molar-refractivity contribution in [2.45, 2.75) is 13.0 Å². The van der Waals surface area contributed by atoms with Gasteiger partial charge in [-0.1, -0.05) is 0 Å². The number of hydrogen-bond acceptors (Lipinski definition) is 4. The van der Waals surface area contributed by atoms with Crippen molar-refractivity contribution in [3.8, 4) is 0 Å². The van der Waals surface area contributed by atoms with Gasteiger partial charge in [0.1, 0.15) is 0 Å². The van der Waals surface area contributed by atoms with Gasteiger partial charge >= 0.3 is 0 Å². The number of nitrogens with zero attached hydrogens (tertiary/aromatic N) is 1. The summed E-state index contributed by atoms with van der Waals surface area (Å²) in [6.07, 6.45) is 2.51. The van der Waals surface area contributed by atoms with Gasteiger partial charge in [0.25, 0.3) is 5.56 Å². The summed E-state index contributed by atoms with van der Waals surface area (Å²) < 4.78 is 11.7. The number of hydrogen-bond donors (Lipinski definition) is 1. The summed E-state index contributed by atoms with van der Waals surface area (Å²) in [4.78, 5) is 11.5. The Kier molecular flexibility index (Phi) is 5.60. The van der Waals surface area contributed by atoms with Crippen LogP contribution in [0.3, 0.4) is 0 Å². The van der Waals surface area contributed by atoms with E-state index in [1.165, 1.54) is 0 Å². The molecule has 2 N–H and O–H groups in total. The number of aryl methyl sites for hydroxylation is 1. The zero-order valence-electron chi connectivity index (χ0n) is 9.52. The quantitative estimate of drug-likeness (QED) is 0.687. The number of rotatable bonds is 7. The minimum Gasteiger partial charge on any atom is -0.394 e. The van der Waals surface area contributed by atoms with Crippen LogP contribution in [0.2, 0.25) is 0 Å². The van der Waals surface area contributed by atoms with Gasteiger partial charge in [-0.2, -0.15) is 0 Å². The highest BCUT2D eigenvalue weighted by Gasteiger charge is 1.98. The zero-order chi connectivity index (χ0) is 11.8. The lowest BCUT2D eigenvalue weighted by Gasteiger charge is -2.06. The molecule has 0 unspecified atom stereocenters. The molecule has 0 saturated carbocycles. The molecule has 0 aliphatic carbocycles. The predicted octanol–water partition coefficient (Wildman–Crippen LogP) is 0.484. The average Bonchev–Trinajstić information content (AvgIpc) is 2.29. The van der Waals surface area contributed by atoms with E-state index in [9.17, 15) is 4.79 Å². The third-order valence-corrected chi connectivity index (χ3v) is 2.17. The van der Waals surface area contributed by atoms with Crippen molar-refractivity contribution in [2.24, 2.45) is 0 Å². The fourth-order valence-electron chi connectivity index (χ4n) is 1.31. The summed E-state index contributed by atoms with van der Waals surface area (Å²) in [6, 6.07) is 3.37. The smallest absolute Gasteiger partial charge is 0.273 e. The highest BCUT2D eigenvalue weighted by atomic mass is 16.5. The number of nitrogens with two attached hydrogens (primary N) is 1. The topological polar surface area (TPSA) is 66.5 Å². The lowest BCUT2D eigenvalue weighted by atomic mass is 10.4. The lowest BCUT2D eigenvalue weighted by Crippen LogP contribution is -2.22. The molecule has 1 aromatic heterocycles. The van der Waals surface area contributed by atoms with E-state index in [1.807, 2.05) is 0 Å². The Hall–Kier alpha value is -1.33. The number of nitrogen functional groups attached to an aromatic ring is 1. The molecule has 5 nitrogen and oxygen atoms in total. The summed E-state index contributed by atoms with van der Waals surface area (Å²) in [5.41, 5.74) is 5.65. The molecular formula is C11H18N2O3. The largest absolute Gasteiger partial charge is 0.394 e. The van der Waals surface area contributed by atoms with E-state index in [0.717, 1.165) is 6.42 Å². The van der Waals surface area contributed by atoms with Gasteiger partial charge in [0.15, 0.2) is 0 Å². The van der Waals surface area contributed by atoms with E-state index in [-0.39, 0.29) is 11.2 Å². The van der Waals surface area contributed by atoms with Crippen LogP contribution in [0.1, 0.15) is 6.42 Å². The molecule has 5 heteroatoms. The summed E-state index contributed by atoms with van der Waals surface area (Å²) in [7, 11) is 1.63. The van der Waals surface area contributed by atoms with Gasteiger partial charge in [-0.05, 0) is 18.6 Å². The average molecular weight is 226 g/mol. The van der Waals surface area contributed by atoms with Gasteiger partial charge in [0.05, 0.1) is 18.9 Å². The van der Waals surface area contributed by atoms with E-state index in [1.54, 1.807) is 30.0 Å². The van der Waals surface area contributed by atoms with Crippen molar-refractivity contribution in [1.82, 2.24) is 4.57 Å². The van der Waals surface area contributed by atoms with Crippen molar-refractivity contribution in [3.63, 3.8) is 0 Å². The second-order valence-corrected chi connectivity index (χ2v) is 3.42. The summed E-state index contributed by atoms with van der Waals surface area (Å²) >= 11 is 0. The van der Waals surface area contributed by atoms with Crippen LogP contribution >= 0.6 is 0 Å². The molecule has 0 amide bonds. The number of pyridine rings is 1. The third-order valence-electron chi connectivity index (χ3n) is 2.17. The summed E-state index contributed by atoms with van der Waals surface area (Å²) in [5.74, 6) is 0. The van der Waals surface area contributed by atoms with E-state index >= 15 is 0 Å². The summed E-state index contributed by atoms with van der Waals surface area (Å²) in [5, 5.41) is 0. The Balaban J connectivity index is 2.27. The van der Waals surface area contributed by atoms with Crippen LogP contribution in [0, 0.1) is 0 Å². The maximum Gasteiger partial charge on any atom is 0.273 e. The monoisotopic (exact) mass is 226 g/mol. The minimum atomic E-state index is -0.139. The molecule has 1 heterocycles. The van der Waals surface area contributed by atoms with Gasteiger partial charge in [0.2, 0.25) is 0 Å². The van der Waals surface area contributed by atoms with E-state index in [0.29, 0.717) is 26.4 Å². The third kappa shape index (κ3) is 4.04. The maximum atomic E-state index is 11.5. The molecule has 1 rings (SSSR count). The molecule has 0 aliphatic heterocycles. The highest BCUT2D eigenvalue weighted by Crippen LogP contribution is 1.94. The van der Waals surface area contributed by atoms with Gasteiger partial charge in [-0.3, -0.25) is 4.79 Å². The van der Waals surface area contributed by atoms with Crippen LogP contribution in [0.5, 0.6) is 0 Å². The normalized spacial score (nSPS) is 10.6. The molecule has 1 aromatic rings.